The van der Waals surface area contributed by atoms with Crippen molar-refractivity contribution in [3.8, 4) is 28.7 Å². The Balaban J connectivity index is 1.97. The quantitative estimate of drug-likeness (QED) is 0.933. The third-order valence-electron chi connectivity index (χ3n) is 4.25. The second-order valence-corrected chi connectivity index (χ2v) is 5.50. The number of hydrogen-bond donors (Lipinski definition) is 1. The van der Waals surface area contributed by atoms with Gasteiger partial charge in [0.05, 0.1) is 21.3 Å². The zero-order valence-corrected chi connectivity index (χ0v) is 13.6. The molecule has 5 nitrogen and oxygen atoms in total. The molecule has 1 N–H and O–H groups in total. The maximum atomic E-state index is 10.00. The molecule has 2 aromatic carbocycles. The minimum absolute atomic E-state index is 0.104. The van der Waals surface area contributed by atoms with Crippen molar-refractivity contribution in [3.63, 3.8) is 0 Å². The van der Waals surface area contributed by atoms with E-state index in [4.69, 9.17) is 18.9 Å². The molecule has 122 valence electrons. The van der Waals surface area contributed by atoms with Crippen LogP contribution in [0.3, 0.4) is 0 Å². The van der Waals surface area contributed by atoms with Gasteiger partial charge in [0, 0.05) is 17.5 Å². The highest BCUT2D eigenvalue weighted by atomic mass is 16.5. The molecule has 23 heavy (non-hydrogen) atoms. The summed E-state index contributed by atoms with van der Waals surface area (Å²) in [5.74, 6) is 2.76. The summed E-state index contributed by atoms with van der Waals surface area (Å²) >= 11 is 0. The summed E-state index contributed by atoms with van der Waals surface area (Å²) in [5, 5.41) is 10.00. The second kappa shape index (κ2) is 5.91. The minimum atomic E-state index is -0.182. The first kappa shape index (κ1) is 15.3. The van der Waals surface area contributed by atoms with Gasteiger partial charge >= 0.3 is 0 Å². The molecule has 0 bridgehead atoms. The molecule has 1 heterocycles. The van der Waals surface area contributed by atoms with Gasteiger partial charge in [0.1, 0.15) is 11.9 Å². The van der Waals surface area contributed by atoms with Crippen LogP contribution in [0.2, 0.25) is 0 Å². The van der Waals surface area contributed by atoms with Gasteiger partial charge in [-0.15, -0.1) is 0 Å². The van der Waals surface area contributed by atoms with Gasteiger partial charge in [0.15, 0.2) is 23.0 Å². The van der Waals surface area contributed by atoms with E-state index in [9.17, 15) is 5.11 Å². The monoisotopic (exact) mass is 316 g/mol. The van der Waals surface area contributed by atoms with Crippen LogP contribution in [0.25, 0.3) is 0 Å². The van der Waals surface area contributed by atoms with Gasteiger partial charge in [-0.1, -0.05) is 13.0 Å². The lowest BCUT2D eigenvalue weighted by Gasteiger charge is -2.16. The minimum Gasteiger partial charge on any atom is -0.504 e. The zero-order chi connectivity index (χ0) is 16.6. The highest BCUT2D eigenvalue weighted by molar-refractivity contribution is 5.55. The van der Waals surface area contributed by atoms with Crippen LogP contribution in [0.15, 0.2) is 30.3 Å². The van der Waals surface area contributed by atoms with Crippen LogP contribution >= 0.6 is 0 Å². The van der Waals surface area contributed by atoms with Crippen molar-refractivity contribution in [3.05, 3.63) is 41.5 Å². The first-order valence-electron chi connectivity index (χ1n) is 7.38. The average Bonchev–Trinajstić information content (AvgIpc) is 2.89. The maximum absolute atomic E-state index is 10.00. The summed E-state index contributed by atoms with van der Waals surface area (Å²) in [6.45, 7) is 2.09. The number of phenols is 1. The SMILES string of the molecule is COc1ccc(C2Oc3cc(OC)c(OC)cc3C2C)cc1O. The molecule has 2 aromatic rings. The molecule has 0 spiro atoms. The molecule has 0 fully saturated rings. The van der Waals surface area contributed by atoms with Crippen molar-refractivity contribution in [1.82, 2.24) is 0 Å². The normalized spacial score (nSPS) is 19.0. The number of hydrogen-bond acceptors (Lipinski definition) is 5. The van der Waals surface area contributed by atoms with E-state index >= 15 is 0 Å². The van der Waals surface area contributed by atoms with Crippen LogP contribution in [0.5, 0.6) is 28.7 Å². The van der Waals surface area contributed by atoms with Crippen molar-refractivity contribution in [2.45, 2.75) is 18.9 Å². The first-order chi connectivity index (χ1) is 11.1. The molecular formula is C18H20O5. The van der Waals surface area contributed by atoms with Crippen molar-refractivity contribution in [2.24, 2.45) is 0 Å². The molecule has 1 aliphatic rings. The van der Waals surface area contributed by atoms with Crippen LogP contribution in [-0.2, 0) is 0 Å². The molecule has 0 saturated carbocycles. The Kier molecular flexibility index (Phi) is 3.94. The van der Waals surface area contributed by atoms with Crippen molar-refractivity contribution >= 4 is 0 Å². The molecule has 0 aromatic heterocycles. The highest BCUT2D eigenvalue weighted by Crippen LogP contribution is 2.50. The van der Waals surface area contributed by atoms with Crippen LogP contribution in [0.1, 0.15) is 30.1 Å². The predicted octanol–water partition coefficient (Wildman–Crippen LogP) is 3.66. The fourth-order valence-corrected chi connectivity index (χ4v) is 2.98. The van der Waals surface area contributed by atoms with E-state index in [1.54, 1.807) is 26.4 Å². The average molecular weight is 316 g/mol. The molecule has 5 heteroatoms. The maximum Gasteiger partial charge on any atom is 0.164 e. The number of fused-ring (bicyclic) bond motifs is 1. The van der Waals surface area contributed by atoms with E-state index < -0.39 is 0 Å². The largest absolute Gasteiger partial charge is 0.504 e. The van der Waals surface area contributed by atoms with Crippen LogP contribution in [0.4, 0.5) is 0 Å². The van der Waals surface area contributed by atoms with Gasteiger partial charge in [-0.2, -0.15) is 0 Å². The molecule has 2 unspecified atom stereocenters. The summed E-state index contributed by atoms with van der Waals surface area (Å²) in [6.07, 6.45) is -0.182. The van der Waals surface area contributed by atoms with Gasteiger partial charge in [-0.25, -0.2) is 0 Å². The Morgan fingerprint density at radius 1 is 0.913 bits per heavy atom. The lowest BCUT2D eigenvalue weighted by atomic mass is 9.92. The van der Waals surface area contributed by atoms with Crippen LogP contribution in [-0.4, -0.2) is 26.4 Å². The van der Waals surface area contributed by atoms with Crippen molar-refractivity contribution < 1.29 is 24.1 Å². The summed E-state index contributed by atoms with van der Waals surface area (Å²) in [7, 11) is 4.74. The summed E-state index contributed by atoms with van der Waals surface area (Å²) in [5.41, 5.74) is 1.95. The lowest BCUT2D eigenvalue weighted by Crippen LogP contribution is -2.07. The molecule has 0 radical (unpaired) electrons. The highest BCUT2D eigenvalue weighted by Gasteiger charge is 2.34. The molecule has 0 saturated heterocycles. The smallest absolute Gasteiger partial charge is 0.164 e. The van der Waals surface area contributed by atoms with Crippen LogP contribution < -0.4 is 18.9 Å². The van der Waals surface area contributed by atoms with Gasteiger partial charge in [-0.3, -0.25) is 0 Å². The van der Waals surface area contributed by atoms with E-state index in [1.807, 2.05) is 18.2 Å². The molecule has 0 aliphatic carbocycles. The number of rotatable bonds is 4. The third kappa shape index (κ3) is 2.52. The van der Waals surface area contributed by atoms with E-state index in [0.29, 0.717) is 17.2 Å². The molecule has 0 amide bonds. The Bertz CT molecular complexity index is 726. The molecule has 2 atom stereocenters. The van der Waals surface area contributed by atoms with Gasteiger partial charge < -0.3 is 24.1 Å². The fraction of sp³-hybridized carbons (Fsp3) is 0.333. The van der Waals surface area contributed by atoms with Gasteiger partial charge in [0.2, 0.25) is 0 Å². The van der Waals surface area contributed by atoms with Gasteiger partial charge in [0.25, 0.3) is 0 Å². The van der Waals surface area contributed by atoms with Gasteiger partial charge in [-0.05, 0) is 23.8 Å². The fourth-order valence-electron chi connectivity index (χ4n) is 2.98. The number of phenolic OH excluding ortho intramolecular Hbond substituents is 1. The lowest BCUT2D eigenvalue weighted by molar-refractivity contribution is 0.214. The molecule has 1 aliphatic heterocycles. The Hall–Kier alpha value is -2.56. The van der Waals surface area contributed by atoms with Crippen molar-refractivity contribution in [1.29, 1.82) is 0 Å². The Labute approximate surface area is 135 Å². The van der Waals surface area contributed by atoms with Crippen LogP contribution in [0, 0.1) is 0 Å². The summed E-state index contributed by atoms with van der Waals surface area (Å²) in [6, 6.07) is 9.11. The van der Waals surface area contributed by atoms with E-state index in [2.05, 4.69) is 6.92 Å². The number of aromatic hydroxyl groups is 1. The zero-order valence-electron chi connectivity index (χ0n) is 13.6. The summed E-state index contributed by atoms with van der Waals surface area (Å²) in [4.78, 5) is 0. The van der Waals surface area contributed by atoms with E-state index in [0.717, 1.165) is 16.9 Å². The van der Waals surface area contributed by atoms with E-state index in [-0.39, 0.29) is 17.8 Å². The topological polar surface area (TPSA) is 57.2 Å². The predicted molar refractivity (Wildman–Crippen MR) is 86.0 cm³/mol. The molecule has 3 rings (SSSR count). The van der Waals surface area contributed by atoms with E-state index in [1.165, 1.54) is 7.11 Å². The number of benzene rings is 2. The molecular weight excluding hydrogens is 296 g/mol. The second-order valence-electron chi connectivity index (χ2n) is 5.50. The third-order valence-corrected chi connectivity index (χ3v) is 4.25. The van der Waals surface area contributed by atoms with Crippen molar-refractivity contribution in [2.75, 3.05) is 21.3 Å². The Morgan fingerprint density at radius 3 is 2.17 bits per heavy atom. The number of ether oxygens (including phenoxy) is 4. The first-order valence-corrected chi connectivity index (χ1v) is 7.38. The standard InChI is InChI=1S/C18H20O5/c1-10-12-8-16(21-3)17(22-4)9-15(12)23-18(10)11-5-6-14(20-2)13(19)7-11/h5-10,18-19H,1-4H3. The number of methoxy groups -OCH3 is 3. The summed E-state index contributed by atoms with van der Waals surface area (Å²) < 4.78 is 21.9. The Morgan fingerprint density at radius 2 is 1.57 bits per heavy atom.